The summed E-state index contributed by atoms with van der Waals surface area (Å²) in [5.41, 5.74) is 1.43. The first-order chi connectivity index (χ1) is 9.31. The van der Waals surface area contributed by atoms with Crippen LogP contribution >= 0.6 is 0 Å². The molecule has 1 N–H and O–H groups in total. The van der Waals surface area contributed by atoms with E-state index in [1.54, 1.807) is 7.11 Å². The molecule has 2 atom stereocenters. The van der Waals surface area contributed by atoms with E-state index in [0.717, 1.165) is 39.1 Å². The van der Waals surface area contributed by atoms with Gasteiger partial charge in [0, 0.05) is 45.4 Å². The zero-order valence-corrected chi connectivity index (χ0v) is 12.1. The Labute approximate surface area is 116 Å². The molecule has 0 radical (unpaired) electrons. The van der Waals surface area contributed by atoms with Crippen LogP contribution in [0.1, 0.15) is 18.9 Å². The molecule has 0 amide bonds. The molecular weight excluding hydrogens is 236 g/mol. The number of ether oxygens (including phenoxy) is 1. The summed E-state index contributed by atoms with van der Waals surface area (Å²) < 4.78 is 5.21. The molecule has 1 fully saturated rings. The Morgan fingerprint density at radius 2 is 2.16 bits per heavy atom. The number of methoxy groups -OCH3 is 1. The van der Waals surface area contributed by atoms with E-state index in [4.69, 9.17) is 4.74 Å². The summed E-state index contributed by atoms with van der Waals surface area (Å²) in [7, 11) is 1.78. The van der Waals surface area contributed by atoms with Crippen LogP contribution in [0.2, 0.25) is 0 Å². The molecule has 1 aliphatic heterocycles. The van der Waals surface area contributed by atoms with E-state index in [1.807, 2.05) is 0 Å². The predicted octanol–water partition coefficient (Wildman–Crippen LogP) is 1.93. The Morgan fingerprint density at radius 1 is 1.37 bits per heavy atom. The van der Waals surface area contributed by atoms with Crippen molar-refractivity contribution in [2.75, 3.05) is 33.4 Å². The van der Waals surface area contributed by atoms with E-state index in [-0.39, 0.29) is 0 Å². The summed E-state index contributed by atoms with van der Waals surface area (Å²) >= 11 is 0. The average molecular weight is 262 g/mol. The number of hydrogen-bond acceptors (Lipinski definition) is 3. The first kappa shape index (κ1) is 14.5. The van der Waals surface area contributed by atoms with E-state index >= 15 is 0 Å². The Morgan fingerprint density at radius 3 is 2.89 bits per heavy atom. The van der Waals surface area contributed by atoms with E-state index in [9.17, 15) is 0 Å². The molecule has 3 nitrogen and oxygen atoms in total. The minimum absolute atomic E-state index is 0.593. The predicted molar refractivity (Wildman–Crippen MR) is 79.5 cm³/mol. The Bertz CT molecular complexity index is 355. The monoisotopic (exact) mass is 262 g/mol. The summed E-state index contributed by atoms with van der Waals surface area (Å²) in [6.45, 7) is 6.50. The lowest BCUT2D eigenvalue weighted by molar-refractivity contribution is 0.0863. The molecule has 3 heteroatoms. The van der Waals surface area contributed by atoms with Crippen LogP contribution < -0.4 is 5.32 Å². The third-order valence-corrected chi connectivity index (χ3v) is 4.02. The fraction of sp³-hybridized carbons (Fsp3) is 0.625. The van der Waals surface area contributed by atoms with Gasteiger partial charge in [-0.15, -0.1) is 0 Å². The highest BCUT2D eigenvalue weighted by atomic mass is 16.5. The normalized spacial score (nSPS) is 22.3. The molecule has 1 heterocycles. The lowest BCUT2D eigenvalue weighted by Gasteiger charge is -2.40. The number of piperazine rings is 1. The fourth-order valence-electron chi connectivity index (χ4n) is 2.89. The van der Waals surface area contributed by atoms with Gasteiger partial charge in [0.05, 0.1) is 0 Å². The van der Waals surface area contributed by atoms with Gasteiger partial charge >= 0.3 is 0 Å². The van der Waals surface area contributed by atoms with Crippen LogP contribution in [0.4, 0.5) is 0 Å². The highest BCUT2D eigenvalue weighted by molar-refractivity contribution is 5.16. The van der Waals surface area contributed by atoms with Gasteiger partial charge in [-0.1, -0.05) is 30.3 Å². The van der Waals surface area contributed by atoms with E-state index in [0.29, 0.717) is 12.1 Å². The Balaban J connectivity index is 1.95. The average Bonchev–Trinajstić information content (AvgIpc) is 2.46. The highest BCUT2D eigenvalue weighted by Gasteiger charge is 2.26. The van der Waals surface area contributed by atoms with Gasteiger partial charge in [0.15, 0.2) is 0 Å². The van der Waals surface area contributed by atoms with Crippen LogP contribution in [0, 0.1) is 0 Å². The quantitative estimate of drug-likeness (QED) is 0.848. The van der Waals surface area contributed by atoms with Crippen LogP contribution in [-0.2, 0) is 11.2 Å². The molecule has 0 bridgehead atoms. The van der Waals surface area contributed by atoms with Crippen molar-refractivity contribution in [1.82, 2.24) is 10.2 Å². The molecule has 1 aliphatic rings. The second-order valence-corrected chi connectivity index (χ2v) is 5.42. The zero-order chi connectivity index (χ0) is 13.5. The maximum Gasteiger partial charge on any atom is 0.0477 e. The van der Waals surface area contributed by atoms with Crippen LogP contribution in [0.5, 0.6) is 0 Å². The van der Waals surface area contributed by atoms with Crippen molar-refractivity contribution < 1.29 is 4.74 Å². The molecule has 2 unspecified atom stereocenters. The maximum absolute atomic E-state index is 5.21. The first-order valence-corrected chi connectivity index (χ1v) is 7.30. The van der Waals surface area contributed by atoms with Crippen molar-refractivity contribution in [2.24, 2.45) is 0 Å². The summed E-state index contributed by atoms with van der Waals surface area (Å²) in [6.07, 6.45) is 2.24. The van der Waals surface area contributed by atoms with Gasteiger partial charge in [-0.25, -0.2) is 0 Å². The van der Waals surface area contributed by atoms with Gasteiger partial charge in [0.2, 0.25) is 0 Å². The second-order valence-electron chi connectivity index (χ2n) is 5.42. The fourth-order valence-corrected chi connectivity index (χ4v) is 2.89. The number of nitrogens with one attached hydrogen (secondary N) is 1. The summed E-state index contributed by atoms with van der Waals surface area (Å²) in [6, 6.07) is 12.0. The minimum Gasteiger partial charge on any atom is -0.385 e. The van der Waals surface area contributed by atoms with Gasteiger partial charge in [-0.05, 0) is 25.3 Å². The van der Waals surface area contributed by atoms with Gasteiger partial charge in [-0.2, -0.15) is 0 Å². The van der Waals surface area contributed by atoms with Gasteiger partial charge in [0.1, 0.15) is 0 Å². The lowest BCUT2D eigenvalue weighted by Crippen LogP contribution is -2.55. The summed E-state index contributed by atoms with van der Waals surface area (Å²) in [4.78, 5) is 2.64. The van der Waals surface area contributed by atoms with E-state index in [1.165, 1.54) is 5.56 Å². The van der Waals surface area contributed by atoms with Crippen LogP contribution in [0.3, 0.4) is 0 Å². The van der Waals surface area contributed by atoms with E-state index < -0.39 is 0 Å². The van der Waals surface area contributed by atoms with E-state index in [2.05, 4.69) is 47.5 Å². The van der Waals surface area contributed by atoms with Gasteiger partial charge in [-0.3, -0.25) is 4.90 Å². The summed E-state index contributed by atoms with van der Waals surface area (Å²) in [5.74, 6) is 0. The van der Waals surface area contributed by atoms with Gasteiger partial charge in [0.25, 0.3) is 0 Å². The third-order valence-electron chi connectivity index (χ3n) is 4.02. The van der Waals surface area contributed by atoms with Crippen molar-refractivity contribution in [3.05, 3.63) is 35.9 Å². The number of rotatable bonds is 6. The molecule has 19 heavy (non-hydrogen) atoms. The summed E-state index contributed by atoms with van der Waals surface area (Å²) in [5, 5.41) is 3.52. The molecule has 2 rings (SSSR count). The molecule has 1 saturated heterocycles. The standard InChI is InChI=1S/C16H26N2O/c1-14(8-11-19-2)18-10-9-17-13-16(18)12-15-6-4-3-5-7-15/h3-7,14,16-17H,8-13H2,1-2H3. The van der Waals surface area contributed by atoms with Crippen LogP contribution in [-0.4, -0.2) is 50.3 Å². The first-order valence-electron chi connectivity index (χ1n) is 7.30. The number of nitrogens with zero attached hydrogens (tertiary/aromatic N) is 1. The molecular formula is C16H26N2O. The molecule has 0 saturated carbocycles. The lowest BCUT2D eigenvalue weighted by atomic mass is 10.0. The highest BCUT2D eigenvalue weighted by Crippen LogP contribution is 2.15. The minimum atomic E-state index is 0.593. The number of hydrogen-bond donors (Lipinski definition) is 1. The van der Waals surface area contributed by atoms with Crippen LogP contribution in [0.15, 0.2) is 30.3 Å². The zero-order valence-electron chi connectivity index (χ0n) is 12.1. The molecule has 106 valence electrons. The van der Waals surface area contributed by atoms with Crippen molar-refractivity contribution in [1.29, 1.82) is 0 Å². The van der Waals surface area contributed by atoms with Crippen molar-refractivity contribution in [2.45, 2.75) is 31.8 Å². The van der Waals surface area contributed by atoms with Crippen molar-refractivity contribution >= 4 is 0 Å². The topological polar surface area (TPSA) is 24.5 Å². The molecule has 0 aliphatic carbocycles. The second kappa shape index (κ2) is 7.63. The Hall–Kier alpha value is -0.900. The largest absolute Gasteiger partial charge is 0.385 e. The third kappa shape index (κ3) is 4.30. The Kier molecular flexibility index (Phi) is 5.83. The molecule has 0 aromatic heterocycles. The van der Waals surface area contributed by atoms with Crippen molar-refractivity contribution in [3.63, 3.8) is 0 Å². The van der Waals surface area contributed by atoms with Crippen molar-refractivity contribution in [3.8, 4) is 0 Å². The smallest absolute Gasteiger partial charge is 0.0477 e. The molecule has 0 spiro atoms. The van der Waals surface area contributed by atoms with Crippen LogP contribution in [0.25, 0.3) is 0 Å². The number of benzene rings is 1. The van der Waals surface area contributed by atoms with Gasteiger partial charge < -0.3 is 10.1 Å². The molecule has 1 aromatic carbocycles. The SMILES string of the molecule is COCCC(C)N1CCNCC1Cc1ccccc1. The maximum atomic E-state index is 5.21. The molecule has 1 aromatic rings.